The van der Waals surface area contributed by atoms with E-state index in [1.807, 2.05) is 0 Å². The van der Waals surface area contributed by atoms with Gasteiger partial charge in [0.2, 0.25) is 10.0 Å². The molecule has 9 heteroatoms. The molecule has 0 N–H and O–H groups in total. The number of aromatic nitrogens is 1. The van der Waals surface area contributed by atoms with Crippen LogP contribution >= 0.6 is 0 Å². The SMILES string of the molecule is CS(=O)(=O)N1CCN(c2ccnc(C(F)(F)F)c2)Cc2ccccc21. The Morgan fingerprint density at radius 2 is 1.84 bits per heavy atom. The molecule has 0 radical (unpaired) electrons. The molecule has 0 saturated carbocycles. The van der Waals surface area contributed by atoms with Crippen molar-refractivity contribution in [1.29, 1.82) is 0 Å². The molecule has 134 valence electrons. The predicted octanol–water partition coefficient (Wildman–Crippen LogP) is 2.89. The van der Waals surface area contributed by atoms with E-state index in [9.17, 15) is 21.6 Å². The molecule has 3 rings (SSSR count). The van der Waals surface area contributed by atoms with Gasteiger partial charge in [-0.15, -0.1) is 0 Å². The third-order valence-electron chi connectivity index (χ3n) is 3.99. The van der Waals surface area contributed by atoms with Crippen LogP contribution in [0.15, 0.2) is 42.6 Å². The molecule has 0 amide bonds. The first-order chi connectivity index (χ1) is 11.7. The molecule has 5 nitrogen and oxygen atoms in total. The van der Waals surface area contributed by atoms with E-state index in [2.05, 4.69) is 4.98 Å². The molecule has 2 heterocycles. The summed E-state index contributed by atoms with van der Waals surface area (Å²) in [7, 11) is -3.49. The third kappa shape index (κ3) is 3.71. The van der Waals surface area contributed by atoms with Gasteiger partial charge in [0.1, 0.15) is 5.69 Å². The summed E-state index contributed by atoms with van der Waals surface area (Å²) in [4.78, 5) is 5.09. The number of halogens is 3. The Morgan fingerprint density at radius 3 is 2.52 bits per heavy atom. The van der Waals surface area contributed by atoms with Gasteiger partial charge in [-0.25, -0.2) is 8.42 Å². The van der Waals surface area contributed by atoms with Gasteiger partial charge in [-0.1, -0.05) is 18.2 Å². The average molecular weight is 371 g/mol. The number of para-hydroxylation sites is 1. The van der Waals surface area contributed by atoms with E-state index >= 15 is 0 Å². The lowest BCUT2D eigenvalue weighted by atomic mass is 10.1. The number of nitrogens with zero attached hydrogens (tertiary/aromatic N) is 3. The smallest absolute Gasteiger partial charge is 0.365 e. The maximum Gasteiger partial charge on any atom is 0.433 e. The first kappa shape index (κ1) is 17.5. The van der Waals surface area contributed by atoms with Crippen molar-refractivity contribution in [3.8, 4) is 0 Å². The largest absolute Gasteiger partial charge is 0.433 e. The van der Waals surface area contributed by atoms with E-state index < -0.39 is 21.9 Å². The Balaban J connectivity index is 2.00. The third-order valence-corrected chi connectivity index (χ3v) is 5.17. The molecule has 2 aromatic rings. The van der Waals surface area contributed by atoms with Crippen LogP contribution in [0.2, 0.25) is 0 Å². The van der Waals surface area contributed by atoms with Gasteiger partial charge < -0.3 is 4.90 Å². The lowest BCUT2D eigenvalue weighted by Crippen LogP contribution is -2.35. The molecule has 25 heavy (non-hydrogen) atoms. The summed E-state index contributed by atoms with van der Waals surface area (Å²) >= 11 is 0. The molecule has 0 aliphatic carbocycles. The van der Waals surface area contributed by atoms with Crippen molar-refractivity contribution in [3.63, 3.8) is 0 Å². The Hall–Kier alpha value is -2.29. The number of benzene rings is 1. The number of sulfonamides is 1. The zero-order valence-electron chi connectivity index (χ0n) is 13.4. The topological polar surface area (TPSA) is 53.5 Å². The van der Waals surface area contributed by atoms with Crippen LogP contribution in [-0.2, 0) is 22.7 Å². The van der Waals surface area contributed by atoms with E-state index in [1.54, 1.807) is 29.2 Å². The summed E-state index contributed by atoms with van der Waals surface area (Å²) in [5, 5.41) is 0. The number of hydrogen-bond donors (Lipinski definition) is 0. The fourth-order valence-corrected chi connectivity index (χ4v) is 3.79. The Bertz CT molecular complexity index is 884. The lowest BCUT2D eigenvalue weighted by Gasteiger charge is -2.24. The first-order valence-corrected chi connectivity index (χ1v) is 9.35. The van der Waals surface area contributed by atoms with Gasteiger partial charge in [-0.2, -0.15) is 13.2 Å². The Labute approximate surface area is 143 Å². The zero-order chi connectivity index (χ0) is 18.2. The van der Waals surface area contributed by atoms with Gasteiger partial charge in [-0.3, -0.25) is 9.29 Å². The van der Waals surface area contributed by atoms with E-state index in [0.29, 0.717) is 17.9 Å². The lowest BCUT2D eigenvalue weighted by molar-refractivity contribution is -0.141. The maximum absolute atomic E-state index is 12.9. The van der Waals surface area contributed by atoms with Gasteiger partial charge in [-0.05, 0) is 23.8 Å². The van der Waals surface area contributed by atoms with E-state index in [4.69, 9.17) is 0 Å². The molecule has 0 fully saturated rings. The highest BCUT2D eigenvalue weighted by atomic mass is 32.2. The number of anilines is 2. The molecule has 0 spiro atoms. The molecule has 1 aliphatic heterocycles. The molecule has 0 unspecified atom stereocenters. The quantitative estimate of drug-likeness (QED) is 0.815. The minimum atomic E-state index is -4.53. The fourth-order valence-electron chi connectivity index (χ4n) is 2.84. The van der Waals surface area contributed by atoms with Crippen molar-refractivity contribution in [2.24, 2.45) is 0 Å². The van der Waals surface area contributed by atoms with Crippen LogP contribution in [0.3, 0.4) is 0 Å². The molecule has 1 aromatic heterocycles. The Kier molecular flexibility index (Phi) is 4.36. The van der Waals surface area contributed by atoms with Crippen molar-refractivity contribution < 1.29 is 21.6 Å². The average Bonchev–Trinajstić information content (AvgIpc) is 2.73. The summed E-state index contributed by atoms with van der Waals surface area (Å²) < 4.78 is 64.2. The molecule has 1 aliphatic rings. The summed E-state index contributed by atoms with van der Waals surface area (Å²) in [5.74, 6) is 0. The fraction of sp³-hybridized carbons (Fsp3) is 0.312. The molecule has 0 saturated heterocycles. The molecular weight excluding hydrogens is 355 g/mol. The number of hydrogen-bond acceptors (Lipinski definition) is 4. The second-order valence-electron chi connectivity index (χ2n) is 5.78. The second-order valence-corrected chi connectivity index (χ2v) is 7.69. The first-order valence-electron chi connectivity index (χ1n) is 7.50. The standard InChI is InChI=1S/C16H16F3N3O2S/c1-25(23,24)22-9-8-21(11-12-4-2-3-5-14(12)22)13-6-7-20-15(10-13)16(17,18)19/h2-7,10H,8-9,11H2,1H3. The molecular formula is C16H16F3N3O2S. The zero-order valence-corrected chi connectivity index (χ0v) is 14.2. The highest BCUT2D eigenvalue weighted by Crippen LogP contribution is 2.32. The van der Waals surface area contributed by atoms with Crippen LogP contribution < -0.4 is 9.21 Å². The highest BCUT2D eigenvalue weighted by Gasteiger charge is 2.33. The maximum atomic E-state index is 12.9. The van der Waals surface area contributed by atoms with Gasteiger partial charge in [0.05, 0.1) is 18.5 Å². The van der Waals surface area contributed by atoms with Crippen LogP contribution in [0.5, 0.6) is 0 Å². The van der Waals surface area contributed by atoms with Crippen molar-refractivity contribution >= 4 is 21.4 Å². The number of rotatable bonds is 2. The van der Waals surface area contributed by atoms with Crippen LogP contribution in [0.25, 0.3) is 0 Å². The normalized spacial score (nSPS) is 15.7. The molecule has 0 atom stereocenters. The number of pyridine rings is 1. The highest BCUT2D eigenvalue weighted by molar-refractivity contribution is 7.92. The predicted molar refractivity (Wildman–Crippen MR) is 88.9 cm³/mol. The number of fused-ring (bicyclic) bond motifs is 1. The van der Waals surface area contributed by atoms with Gasteiger partial charge in [0.25, 0.3) is 0 Å². The summed E-state index contributed by atoms with van der Waals surface area (Å²) in [5.41, 5.74) is 0.670. The molecule has 1 aromatic carbocycles. The van der Waals surface area contributed by atoms with Gasteiger partial charge in [0, 0.05) is 25.0 Å². The number of alkyl halides is 3. The van der Waals surface area contributed by atoms with Crippen molar-refractivity contribution in [2.75, 3.05) is 28.6 Å². The van der Waals surface area contributed by atoms with Crippen LogP contribution in [0, 0.1) is 0 Å². The van der Waals surface area contributed by atoms with Crippen LogP contribution in [0.4, 0.5) is 24.5 Å². The van der Waals surface area contributed by atoms with E-state index in [0.717, 1.165) is 24.1 Å². The summed E-state index contributed by atoms with van der Waals surface area (Å²) in [6.07, 6.45) is -2.30. The van der Waals surface area contributed by atoms with E-state index in [-0.39, 0.29) is 13.1 Å². The van der Waals surface area contributed by atoms with Crippen molar-refractivity contribution in [2.45, 2.75) is 12.7 Å². The van der Waals surface area contributed by atoms with Crippen LogP contribution in [0.1, 0.15) is 11.3 Å². The minimum Gasteiger partial charge on any atom is -0.365 e. The van der Waals surface area contributed by atoms with Crippen molar-refractivity contribution in [1.82, 2.24) is 4.98 Å². The van der Waals surface area contributed by atoms with Gasteiger partial charge >= 0.3 is 6.18 Å². The van der Waals surface area contributed by atoms with Crippen molar-refractivity contribution in [3.05, 3.63) is 53.9 Å². The summed E-state index contributed by atoms with van der Waals surface area (Å²) in [6.45, 7) is 0.728. The molecule has 0 bridgehead atoms. The second kappa shape index (κ2) is 6.21. The summed E-state index contributed by atoms with van der Waals surface area (Å²) in [6, 6.07) is 9.47. The Morgan fingerprint density at radius 1 is 1.12 bits per heavy atom. The minimum absolute atomic E-state index is 0.152. The van der Waals surface area contributed by atoms with Crippen LogP contribution in [-0.4, -0.2) is 32.7 Å². The van der Waals surface area contributed by atoms with Gasteiger partial charge in [0.15, 0.2) is 0 Å². The monoisotopic (exact) mass is 371 g/mol. The van der Waals surface area contributed by atoms with E-state index in [1.165, 1.54) is 10.4 Å².